The Hall–Kier alpha value is -0.330. The fraction of sp³-hybridized carbons (Fsp3) is 0. The molecule has 0 fully saturated rings. The van der Waals surface area contributed by atoms with Crippen LogP contribution in [0.4, 0.5) is 0 Å². The molecule has 0 unspecified atom stereocenters. The second-order valence-corrected chi connectivity index (χ2v) is 1.75. The van der Waals surface area contributed by atoms with Crippen LogP contribution in [0, 0.1) is 0 Å². The molecule has 0 aliphatic rings. The van der Waals surface area contributed by atoms with Crippen molar-refractivity contribution in [1.29, 1.82) is 0 Å². The lowest BCUT2D eigenvalue weighted by Gasteiger charge is -1.68. The van der Waals surface area contributed by atoms with Crippen LogP contribution in [0.15, 0.2) is 0 Å². The standard InChI is InChI=1S/2CH4N2S.ClH/c2*2-1(3)4;/h2*(H4,2,3,4);1H. The van der Waals surface area contributed by atoms with E-state index in [0.29, 0.717) is 0 Å². The molecule has 8 N–H and O–H groups in total. The zero-order valence-corrected chi connectivity index (χ0v) is 6.98. The van der Waals surface area contributed by atoms with Gasteiger partial charge < -0.3 is 22.9 Å². The average molecular weight is 189 g/mol. The molecule has 0 aromatic rings. The topological polar surface area (TPSA) is 104 Å². The first-order chi connectivity index (χ1) is 3.46. The van der Waals surface area contributed by atoms with E-state index < -0.39 is 0 Å². The lowest BCUT2D eigenvalue weighted by atomic mass is 11.3. The highest BCUT2D eigenvalue weighted by atomic mass is 35.5. The summed E-state index contributed by atoms with van der Waals surface area (Å²) in [6.07, 6.45) is 0. The third kappa shape index (κ3) is 2260. The number of nitrogens with two attached hydrogens (primary N) is 4. The van der Waals surface area contributed by atoms with Crippen LogP contribution in [0.25, 0.3) is 0 Å². The molecule has 0 saturated carbocycles. The molecule has 0 saturated heterocycles. The monoisotopic (exact) mass is 188 g/mol. The van der Waals surface area contributed by atoms with Gasteiger partial charge >= 0.3 is 0 Å². The molecular weight excluding hydrogens is 180 g/mol. The first-order valence-corrected chi connectivity index (χ1v) is 2.38. The Labute approximate surface area is 70.3 Å². The molecule has 0 aliphatic heterocycles. The van der Waals surface area contributed by atoms with Gasteiger partial charge in [-0.3, -0.25) is 0 Å². The van der Waals surface area contributed by atoms with Gasteiger partial charge in [-0.1, -0.05) is 0 Å². The van der Waals surface area contributed by atoms with Crippen molar-refractivity contribution >= 4 is 47.1 Å². The molecule has 4 nitrogen and oxygen atoms in total. The SMILES string of the molecule is Cl.NC(N)=S.NC(N)=S. The molecule has 0 amide bonds. The lowest BCUT2D eigenvalue weighted by molar-refractivity contribution is 1.65. The van der Waals surface area contributed by atoms with Crippen molar-refractivity contribution in [2.24, 2.45) is 22.9 Å². The summed E-state index contributed by atoms with van der Waals surface area (Å²) in [5, 5.41) is 0.000000000000000444. The smallest absolute Gasteiger partial charge is 0.160 e. The summed E-state index contributed by atoms with van der Waals surface area (Å²) in [5.74, 6) is 0. The summed E-state index contributed by atoms with van der Waals surface area (Å²) in [6, 6.07) is 0. The predicted molar refractivity (Wildman–Crippen MR) is 49.2 cm³/mol. The minimum atomic E-state index is 0. The molecule has 0 aromatic heterocycles. The maximum atomic E-state index is 4.62. The van der Waals surface area contributed by atoms with E-state index in [1.807, 2.05) is 0 Å². The summed E-state index contributed by atoms with van der Waals surface area (Å²) in [7, 11) is 0. The van der Waals surface area contributed by atoms with Crippen LogP contribution >= 0.6 is 36.8 Å². The lowest BCUT2D eigenvalue weighted by Crippen LogP contribution is -2.18. The van der Waals surface area contributed by atoms with E-state index in [0.717, 1.165) is 0 Å². The number of halogens is 1. The quantitative estimate of drug-likeness (QED) is 0.356. The van der Waals surface area contributed by atoms with Crippen LogP contribution in [0.1, 0.15) is 0 Å². The fourth-order valence-corrected chi connectivity index (χ4v) is 0. The van der Waals surface area contributed by atoms with E-state index in [9.17, 15) is 0 Å². The van der Waals surface area contributed by atoms with Gasteiger partial charge in [0.25, 0.3) is 0 Å². The van der Waals surface area contributed by atoms with Crippen molar-refractivity contribution in [3.63, 3.8) is 0 Å². The molecular formula is C2H9ClN4S2. The normalized spacial score (nSPS) is 5.33. The molecule has 7 heteroatoms. The van der Waals surface area contributed by atoms with Crippen molar-refractivity contribution in [3.8, 4) is 0 Å². The molecule has 0 radical (unpaired) electrons. The van der Waals surface area contributed by atoms with Gasteiger partial charge in [-0.2, -0.15) is 0 Å². The molecule has 0 atom stereocenters. The summed E-state index contributed by atoms with van der Waals surface area (Å²) in [5.41, 5.74) is 18.5. The van der Waals surface area contributed by atoms with Crippen LogP contribution in [0.2, 0.25) is 0 Å². The zero-order valence-electron chi connectivity index (χ0n) is 4.53. The highest BCUT2D eigenvalue weighted by molar-refractivity contribution is 7.80. The van der Waals surface area contributed by atoms with Crippen LogP contribution in [-0.4, -0.2) is 10.2 Å². The first-order valence-electron chi connectivity index (χ1n) is 1.56. The van der Waals surface area contributed by atoms with Crippen molar-refractivity contribution in [2.45, 2.75) is 0 Å². The predicted octanol–water partition coefficient (Wildman–Crippen LogP) is -1.20. The zero-order chi connectivity index (χ0) is 7.15. The van der Waals surface area contributed by atoms with E-state index in [2.05, 4.69) is 47.4 Å². The van der Waals surface area contributed by atoms with E-state index >= 15 is 0 Å². The number of hydrogen-bond donors (Lipinski definition) is 4. The Morgan fingerprint density at radius 3 is 0.778 bits per heavy atom. The molecule has 56 valence electrons. The van der Waals surface area contributed by atoms with Crippen molar-refractivity contribution in [2.75, 3.05) is 0 Å². The van der Waals surface area contributed by atoms with Gasteiger partial charge in [0.2, 0.25) is 0 Å². The van der Waals surface area contributed by atoms with Crippen molar-refractivity contribution < 1.29 is 0 Å². The largest absolute Gasteiger partial charge is 0.377 e. The Morgan fingerprint density at radius 1 is 0.778 bits per heavy atom. The maximum absolute atomic E-state index is 4.62. The summed E-state index contributed by atoms with van der Waals surface area (Å²) >= 11 is 8.19. The van der Waals surface area contributed by atoms with Gasteiger partial charge in [0.1, 0.15) is 0 Å². The third-order valence-electron chi connectivity index (χ3n) is 0. The summed E-state index contributed by atoms with van der Waals surface area (Å²) in [4.78, 5) is 0. The van der Waals surface area contributed by atoms with E-state index in [4.69, 9.17) is 0 Å². The van der Waals surface area contributed by atoms with Crippen molar-refractivity contribution in [3.05, 3.63) is 0 Å². The van der Waals surface area contributed by atoms with E-state index in [-0.39, 0.29) is 22.6 Å². The van der Waals surface area contributed by atoms with Gasteiger partial charge in [0.15, 0.2) is 10.2 Å². The highest BCUT2D eigenvalue weighted by Gasteiger charge is 1.53. The molecule has 9 heavy (non-hydrogen) atoms. The van der Waals surface area contributed by atoms with Gasteiger partial charge in [-0.05, 0) is 24.4 Å². The van der Waals surface area contributed by atoms with Gasteiger partial charge in [0.05, 0.1) is 0 Å². The van der Waals surface area contributed by atoms with Crippen LogP contribution in [0.5, 0.6) is 0 Å². The molecule has 0 aromatic carbocycles. The number of rotatable bonds is 0. The fourth-order valence-electron chi connectivity index (χ4n) is 0. The molecule has 0 aliphatic carbocycles. The minimum absolute atomic E-state index is 0. The highest BCUT2D eigenvalue weighted by Crippen LogP contribution is 1.32. The van der Waals surface area contributed by atoms with E-state index in [1.165, 1.54) is 0 Å². The van der Waals surface area contributed by atoms with Crippen molar-refractivity contribution in [1.82, 2.24) is 0 Å². The Balaban J connectivity index is -0.0000000720. The van der Waals surface area contributed by atoms with Gasteiger partial charge in [-0.15, -0.1) is 12.4 Å². The summed E-state index contributed by atoms with van der Waals surface area (Å²) < 4.78 is 0. The second-order valence-electron chi connectivity index (χ2n) is 0.805. The van der Waals surface area contributed by atoms with Gasteiger partial charge in [0, 0.05) is 0 Å². The van der Waals surface area contributed by atoms with Crippen LogP contribution < -0.4 is 22.9 Å². The van der Waals surface area contributed by atoms with Gasteiger partial charge in [-0.25, -0.2) is 0 Å². The Bertz CT molecular complexity index is 74.6. The third-order valence-corrected chi connectivity index (χ3v) is 0. The molecule has 0 bridgehead atoms. The average Bonchev–Trinajstić information content (AvgIpc) is 1.25. The first kappa shape index (κ1) is 15.9. The molecule has 0 spiro atoms. The maximum Gasteiger partial charge on any atom is 0.160 e. The Morgan fingerprint density at radius 2 is 0.778 bits per heavy atom. The second kappa shape index (κ2) is 10.6. The Kier molecular flexibility index (Phi) is 18.7. The van der Waals surface area contributed by atoms with Crippen LogP contribution in [-0.2, 0) is 0 Å². The molecule has 0 rings (SSSR count). The van der Waals surface area contributed by atoms with E-state index in [1.54, 1.807) is 0 Å². The number of hydrogen-bond acceptors (Lipinski definition) is 2. The minimum Gasteiger partial charge on any atom is -0.377 e. The number of thiocarbonyl (C=S) groups is 2. The summed E-state index contributed by atoms with van der Waals surface area (Å²) in [6.45, 7) is 0. The molecule has 0 heterocycles. The van der Waals surface area contributed by atoms with Crippen LogP contribution in [0.3, 0.4) is 0 Å².